The van der Waals surface area contributed by atoms with E-state index in [9.17, 15) is 9.59 Å². The fourth-order valence-electron chi connectivity index (χ4n) is 2.41. The normalized spacial score (nSPS) is 10.3. The van der Waals surface area contributed by atoms with Gasteiger partial charge in [0.15, 0.2) is 0 Å². The number of carbonyl (C=O) groups is 2. The minimum absolute atomic E-state index is 0.118. The average molecular weight is 426 g/mol. The number of carboxylic acid groups (broad SMARTS) is 1. The zero-order valence-electron chi connectivity index (χ0n) is 14.2. The average Bonchev–Trinajstić information content (AvgIpc) is 2.68. The van der Waals surface area contributed by atoms with Gasteiger partial charge in [-0.15, -0.1) is 0 Å². The fourth-order valence-corrected chi connectivity index (χ4v) is 2.81. The van der Waals surface area contributed by atoms with Crippen molar-refractivity contribution in [3.8, 4) is 5.75 Å². The smallest absolute Gasteiger partial charge is 0.335 e. The molecule has 3 aromatic rings. The Balaban J connectivity index is 1.63. The van der Waals surface area contributed by atoms with Gasteiger partial charge < -0.3 is 15.2 Å². The highest BCUT2D eigenvalue weighted by Crippen LogP contribution is 2.24. The van der Waals surface area contributed by atoms with E-state index >= 15 is 0 Å². The topological polar surface area (TPSA) is 75.6 Å². The first-order valence-electron chi connectivity index (χ1n) is 8.14. The van der Waals surface area contributed by atoms with Crippen LogP contribution in [0, 0.1) is 0 Å². The van der Waals surface area contributed by atoms with E-state index in [4.69, 9.17) is 9.84 Å². The van der Waals surface area contributed by atoms with Gasteiger partial charge in [0.1, 0.15) is 12.4 Å². The van der Waals surface area contributed by atoms with Crippen LogP contribution >= 0.6 is 15.9 Å². The lowest BCUT2D eigenvalue weighted by molar-refractivity contribution is 0.0696. The highest BCUT2D eigenvalue weighted by atomic mass is 79.9. The van der Waals surface area contributed by atoms with Gasteiger partial charge in [0, 0.05) is 11.3 Å². The molecule has 6 heteroatoms. The summed E-state index contributed by atoms with van der Waals surface area (Å²) in [6.45, 7) is 0.380. The third kappa shape index (κ3) is 4.95. The van der Waals surface area contributed by atoms with Crippen LogP contribution in [0.5, 0.6) is 5.75 Å². The SMILES string of the molecule is O=C(O)c1cccc(NC(=O)c2ccc(COc3ccccc3Br)cc2)c1. The van der Waals surface area contributed by atoms with Crippen molar-refractivity contribution in [1.29, 1.82) is 0 Å². The summed E-state index contributed by atoms with van der Waals surface area (Å²) >= 11 is 3.43. The van der Waals surface area contributed by atoms with Crippen LogP contribution in [-0.4, -0.2) is 17.0 Å². The van der Waals surface area contributed by atoms with E-state index in [1.807, 2.05) is 36.4 Å². The van der Waals surface area contributed by atoms with Crippen molar-refractivity contribution in [2.75, 3.05) is 5.32 Å². The van der Waals surface area contributed by atoms with Gasteiger partial charge in [-0.1, -0.05) is 30.3 Å². The third-order valence-electron chi connectivity index (χ3n) is 3.81. The van der Waals surface area contributed by atoms with Gasteiger partial charge in [-0.2, -0.15) is 0 Å². The molecule has 0 aliphatic rings. The molecular weight excluding hydrogens is 410 g/mol. The first-order valence-corrected chi connectivity index (χ1v) is 8.93. The van der Waals surface area contributed by atoms with Crippen LogP contribution in [0.3, 0.4) is 0 Å². The molecule has 27 heavy (non-hydrogen) atoms. The predicted octanol–water partition coefficient (Wildman–Crippen LogP) is 4.98. The molecule has 0 unspecified atom stereocenters. The van der Waals surface area contributed by atoms with Crippen molar-refractivity contribution in [2.45, 2.75) is 6.61 Å². The number of nitrogens with one attached hydrogen (secondary N) is 1. The second-order valence-corrected chi connectivity index (χ2v) is 6.61. The second-order valence-electron chi connectivity index (χ2n) is 5.76. The molecule has 1 amide bonds. The Bertz CT molecular complexity index is 970. The third-order valence-corrected chi connectivity index (χ3v) is 4.47. The van der Waals surface area contributed by atoms with Gasteiger partial charge in [-0.25, -0.2) is 4.79 Å². The quantitative estimate of drug-likeness (QED) is 0.583. The number of benzene rings is 3. The summed E-state index contributed by atoms with van der Waals surface area (Å²) in [4.78, 5) is 23.3. The number of hydrogen-bond acceptors (Lipinski definition) is 3. The summed E-state index contributed by atoms with van der Waals surface area (Å²) in [5, 5.41) is 11.7. The van der Waals surface area contributed by atoms with E-state index in [0.29, 0.717) is 17.9 Å². The number of hydrogen-bond donors (Lipinski definition) is 2. The van der Waals surface area contributed by atoms with E-state index in [-0.39, 0.29) is 11.5 Å². The maximum atomic E-state index is 12.3. The van der Waals surface area contributed by atoms with Gasteiger partial charge in [0.2, 0.25) is 0 Å². The van der Waals surface area contributed by atoms with Crippen LogP contribution in [0.4, 0.5) is 5.69 Å². The molecule has 0 aliphatic carbocycles. The van der Waals surface area contributed by atoms with E-state index < -0.39 is 5.97 Å². The molecule has 0 heterocycles. The molecule has 0 bridgehead atoms. The van der Waals surface area contributed by atoms with Crippen molar-refractivity contribution in [3.05, 3.63) is 94.0 Å². The van der Waals surface area contributed by atoms with Crippen molar-refractivity contribution in [2.24, 2.45) is 0 Å². The minimum Gasteiger partial charge on any atom is -0.488 e. The zero-order valence-corrected chi connectivity index (χ0v) is 15.8. The Kier molecular flexibility index (Phi) is 5.88. The van der Waals surface area contributed by atoms with Gasteiger partial charge in [0.05, 0.1) is 10.0 Å². The Morgan fingerprint density at radius 2 is 1.67 bits per heavy atom. The van der Waals surface area contributed by atoms with Crippen molar-refractivity contribution in [1.82, 2.24) is 0 Å². The zero-order chi connectivity index (χ0) is 19.2. The summed E-state index contributed by atoms with van der Waals surface area (Å²) in [5.41, 5.74) is 1.95. The van der Waals surface area contributed by atoms with E-state index in [0.717, 1.165) is 15.8 Å². The number of para-hydroxylation sites is 1. The number of carboxylic acids is 1. The molecule has 3 rings (SSSR count). The molecule has 3 aromatic carbocycles. The van der Waals surface area contributed by atoms with Gasteiger partial charge in [-0.05, 0) is 64.0 Å². The Labute approximate surface area is 164 Å². The number of amides is 1. The van der Waals surface area contributed by atoms with Crippen molar-refractivity contribution < 1.29 is 19.4 Å². The number of ether oxygens (including phenoxy) is 1. The Morgan fingerprint density at radius 3 is 2.37 bits per heavy atom. The van der Waals surface area contributed by atoms with Gasteiger partial charge >= 0.3 is 5.97 Å². The molecule has 0 saturated heterocycles. The van der Waals surface area contributed by atoms with Crippen molar-refractivity contribution in [3.63, 3.8) is 0 Å². The van der Waals surface area contributed by atoms with E-state index in [1.54, 1.807) is 24.3 Å². The molecule has 136 valence electrons. The Morgan fingerprint density at radius 1 is 0.926 bits per heavy atom. The molecule has 0 saturated carbocycles. The monoisotopic (exact) mass is 425 g/mol. The van der Waals surface area contributed by atoms with Crippen LogP contribution in [0.1, 0.15) is 26.3 Å². The van der Waals surface area contributed by atoms with Crippen LogP contribution in [0.15, 0.2) is 77.3 Å². The lowest BCUT2D eigenvalue weighted by Crippen LogP contribution is -2.12. The molecule has 0 radical (unpaired) electrons. The molecule has 0 atom stereocenters. The first kappa shape index (κ1) is 18.7. The standard InChI is InChI=1S/C21H16BrNO4/c22-18-6-1-2-7-19(18)27-13-14-8-10-15(11-9-14)20(24)23-17-5-3-4-16(12-17)21(25)26/h1-12H,13H2,(H,23,24)(H,25,26). The molecular formula is C21H16BrNO4. The minimum atomic E-state index is -1.04. The maximum absolute atomic E-state index is 12.3. The fraction of sp³-hybridized carbons (Fsp3) is 0.0476. The summed E-state index contributed by atoms with van der Waals surface area (Å²) < 4.78 is 6.63. The lowest BCUT2D eigenvalue weighted by Gasteiger charge is -2.09. The highest BCUT2D eigenvalue weighted by Gasteiger charge is 2.09. The van der Waals surface area contributed by atoms with Gasteiger partial charge in [-0.3, -0.25) is 4.79 Å². The summed E-state index contributed by atoms with van der Waals surface area (Å²) in [6, 6.07) is 20.7. The molecule has 0 spiro atoms. The lowest BCUT2D eigenvalue weighted by atomic mass is 10.1. The predicted molar refractivity (Wildman–Crippen MR) is 106 cm³/mol. The number of halogens is 1. The molecule has 0 fully saturated rings. The van der Waals surface area contributed by atoms with Crippen LogP contribution in [0.2, 0.25) is 0 Å². The van der Waals surface area contributed by atoms with Crippen LogP contribution < -0.4 is 10.1 Å². The summed E-state index contributed by atoms with van der Waals surface area (Å²) in [7, 11) is 0. The summed E-state index contributed by atoms with van der Waals surface area (Å²) in [6.07, 6.45) is 0. The number of carbonyl (C=O) groups excluding carboxylic acids is 1. The summed E-state index contributed by atoms with van der Waals surface area (Å²) in [5.74, 6) is -0.603. The molecule has 5 nitrogen and oxygen atoms in total. The van der Waals surface area contributed by atoms with Gasteiger partial charge in [0.25, 0.3) is 5.91 Å². The number of aromatic carboxylic acids is 1. The number of anilines is 1. The van der Waals surface area contributed by atoms with E-state index in [1.165, 1.54) is 12.1 Å². The molecule has 0 aliphatic heterocycles. The second kappa shape index (κ2) is 8.51. The molecule has 2 N–H and O–H groups in total. The van der Waals surface area contributed by atoms with Crippen LogP contribution in [-0.2, 0) is 6.61 Å². The largest absolute Gasteiger partial charge is 0.488 e. The van der Waals surface area contributed by atoms with Crippen LogP contribution in [0.25, 0.3) is 0 Å². The maximum Gasteiger partial charge on any atom is 0.335 e. The van der Waals surface area contributed by atoms with E-state index in [2.05, 4.69) is 21.2 Å². The van der Waals surface area contributed by atoms with Crippen molar-refractivity contribution >= 4 is 33.5 Å². The highest BCUT2D eigenvalue weighted by molar-refractivity contribution is 9.10. The Hall–Kier alpha value is -3.12. The number of rotatable bonds is 6. The molecule has 0 aromatic heterocycles. The first-order chi connectivity index (χ1) is 13.0.